The molecule has 0 radical (unpaired) electrons. The monoisotopic (exact) mass is 433 g/mol. The fourth-order valence-corrected chi connectivity index (χ4v) is 7.02. The lowest BCUT2D eigenvalue weighted by molar-refractivity contribution is -0.139. The molecular weight excluding hydrogens is 406 g/mol. The van der Waals surface area contributed by atoms with Crippen LogP contribution in [0.15, 0.2) is 40.7 Å². The number of aryl methyl sites for hydroxylation is 1. The Bertz CT molecular complexity index is 970. The lowest BCUT2D eigenvalue weighted by Gasteiger charge is -2.36. The number of carbonyl (C=O) groups is 1. The summed E-state index contributed by atoms with van der Waals surface area (Å²) < 4.78 is 27.9. The lowest BCUT2D eigenvalue weighted by Crippen LogP contribution is -2.47. The summed E-state index contributed by atoms with van der Waals surface area (Å²) in [6.07, 6.45) is 5.19. The number of thiophene rings is 1. The minimum Gasteiger partial charge on any atom is -0.331 e. The van der Waals surface area contributed by atoms with E-state index >= 15 is 0 Å². The molecule has 0 spiro atoms. The number of rotatable bonds is 6. The van der Waals surface area contributed by atoms with E-state index in [1.54, 1.807) is 12.3 Å². The van der Waals surface area contributed by atoms with E-state index in [0.717, 1.165) is 29.8 Å². The van der Waals surface area contributed by atoms with Crippen molar-refractivity contribution < 1.29 is 13.2 Å². The Morgan fingerprint density at radius 3 is 2.66 bits per heavy atom. The number of nitrogens with zero attached hydrogens (tertiary/aromatic N) is 3. The summed E-state index contributed by atoms with van der Waals surface area (Å²) in [7, 11) is -3.54. The largest absolute Gasteiger partial charge is 0.331 e. The van der Waals surface area contributed by atoms with Crippen LogP contribution in [0.2, 0.25) is 0 Å². The molecule has 2 unspecified atom stereocenters. The van der Waals surface area contributed by atoms with Crippen molar-refractivity contribution in [2.75, 3.05) is 13.1 Å². The highest BCUT2D eigenvalue weighted by atomic mass is 32.2. The van der Waals surface area contributed by atoms with E-state index < -0.39 is 10.0 Å². The number of aromatic nitrogens is 1. The first-order chi connectivity index (χ1) is 13.9. The molecule has 2 aromatic heterocycles. The summed E-state index contributed by atoms with van der Waals surface area (Å²) in [5.41, 5.74) is 0.877. The maximum atomic E-state index is 13.5. The zero-order valence-corrected chi connectivity index (χ0v) is 18.5. The molecule has 2 fully saturated rings. The van der Waals surface area contributed by atoms with Crippen LogP contribution in [-0.2, 0) is 14.8 Å². The summed E-state index contributed by atoms with van der Waals surface area (Å²) >= 11 is 1.29. The highest BCUT2D eigenvalue weighted by Gasteiger charge is 2.42. The van der Waals surface area contributed by atoms with E-state index in [2.05, 4.69) is 4.98 Å². The van der Waals surface area contributed by atoms with Gasteiger partial charge in [-0.3, -0.25) is 9.78 Å². The summed E-state index contributed by atoms with van der Waals surface area (Å²) in [6, 6.07) is 9.38. The molecule has 8 heteroatoms. The Hall–Kier alpha value is -1.77. The van der Waals surface area contributed by atoms with Crippen LogP contribution < -0.4 is 0 Å². The van der Waals surface area contributed by atoms with Gasteiger partial charge < -0.3 is 4.90 Å². The second kappa shape index (κ2) is 8.16. The fourth-order valence-electron chi connectivity index (χ4n) is 4.06. The molecule has 0 bridgehead atoms. The molecule has 1 aliphatic carbocycles. The van der Waals surface area contributed by atoms with Gasteiger partial charge in [0.25, 0.3) is 10.0 Å². The molecule has 4 rings (SSSR count). The van der Waals surface area contributed by atoms with Crippen molar-refractivity contribution in [3.8, 4) is 0 Å². The van der Waals surface area contributed by atoms with Crippen molar-refractivity contribution in [1.29, 1.82) is 0 Å². The predicted molar refractivity (Wildman–Crippen MR) is 113 cm³/mol. The van der Waals surface area contributed by atoms with Gasteiger partial charge in [0.05, 0.1) is 17.7 Å². The Kier molecular flexibility index (Phi) is 5.77. The SMILES string of the molecule is Cc1ccc(S(=O)(=O)N2CCCC(C(=O)N(C3CC3)C(C)c3ccccn3)C2)s1. The first-order valence-corrected chi connectivity index (χ1v) is 12.4. The van der Waals surface area contributed by atoms with E-state index in [0.29, 0.717) is 17.2 Å². The predicted octanol–water partition coefficient (Wildman–Crippen LogP) is 3.60. The molecule has 0 aromatic carbocycles. The second-order valence-corrected chi connectivity index (χ2v) is 11.4. The Labute approximate surface area is 176 Å². The molecule has 1 aliphatic heterocycles. The molecule has 1 amide bonds. The first kappa shape index (κ1) is 20.5. The molecule has 1 saturated carbocycles. The van der Waals surface area contributed by atoms with Gasteiger partial charge in [-0.2, -0.15) is 4.31 Å². The number of pyridine rings is 1. The quantitative estimate of drug-likeness (QED) is 0.698. The van der Waals surface area contributed by atoms with Gasteiger partial charge in [-0.05, 0) is 63.8 Å². The average molecular weight is 434 g/mol. The van der Waals surface area contributed by atoms with Crippen molar-refractivity contribution in [3.63, 3.8) is 0 Å². The fraction of sp³-hybridized carbons (Fsp3) is 0.524. The van der Waals surface area contributed by atoms with Crippen LogP contribution in [0.4, 0.5) is 0 Å². The molecular formula is C21H27N3O3S2. The third-order valence-corrected chi connectivity index (χ3v) is 9.10. The van der Waals surface area contributed by atoms with E-state index in [4.69, 9.17) is 0 Å². The molecule has 2 atom stereocenters. The normalized spacial score (nSPS) is 21.7. The number of hydrogen-bond donors (Lipinski definition) is 0. The van der Waals surface area contributed by atoms with Gasteiger partial charge in [0.2, 0.25) is 5.91 Å². The molecule has 0 N–H and O–H groups in total. The molecule has 2 aliphatic rings. The Balaban J connectivity index is 1.53. The standard InChI is InChI=1S/C21H27N3O3S2/c1-15-8-11-20(28-15)29(26,27)23-13-5-6-17(14-23)21(25)24(18-9-10-18)16(2)19-7-3-4-12-22-19/h3-4,7-8,11-12,16-18H,5-6,9-10,13-14H2,1-2H3. The molecule has 3 heterocycles. The molecule has 156 valence electrons. The van der Waals surface area contributed by atoms with E-state index in [1.165, 1.54) is 15.6 Å². The molecule has 2 aromatic rings. The van der Waals surface area contributed by atoms with Crippen molar-refractivity contribution in [2.24, 2.45) is 5.92 Å². The van der Waals surface area contributed by atoms with Crippen molar-refractivity contribution >= 4 is 27.3 Å². The number of amides is 1. The highest BCUT2D eigenvalue weighted by molar-refractivity contribution is 7.91. The van der Waals surface area contributed by atoms with Gasteiger partial charge >= 0.3 is 0 Å². The van der Waals surface area contributed by atoms with Gasteiger partial charge in [-0.1, -0.05) is 6.07 Å². The third kappa shape index (κ3) is 4.25. The minimum absolute atomic E-state index is 0.0629. The Morgan fingerprint density at radius 2 is 2.03 bits per heavy atom. The van der Waals surface area contributed by atoms with Crippen LogP contribution in [0.25, 0.3) is 0 Å². The van der Waals surface area contributed by atoms with E-state index in [9.17, 15) is 13.2 Å². The second-order valence-electron chi connectivity index (χ2n) is 7.97. The summed E-state index contributed by atoms with van der Waals surface area (Å²) in [5, 5.41) is 0. The summed E-state index contributed by atoms with van der Waals surface area (Å²) in [6.45, 7) is 4.65. The van der Waals surface area contributed by atoms with Crippen LogP contribution in [0.3, 0.4) is 0 Å². The maximum absolute atomic E-state index is 13.5. The zero-order chi connectivity index (χ0) is 20.6. The molecule has 29 heavy (non-hydrogen) atoms. The highest BCUT2D eigenvalue weighted by Crippen LogP contribution is 2.37. The van der Waals surface area contributed by atoms with Gasteiger partial charge in [-0.25, -0.2) is 8.42 Å². The van der Waals surface area contributed by atoms with Gasteiger partial charge in [0.1, 0.15) is 4.21 Å². The van der Waals surface area contributed by atoms with E-state index in [-0.39, 0.29) is 30.5 Å². The third-order valence-electron chi connectivity index (χ3n) is 5.77. The number of hydrogen-bond acceptors (Lipinski definition) is 5. The summed E-state index contributed by atoms with van der Waals surface area (Å²) in [5.74, 6) is -0.237. The first-order valence-electron chi connectivity index (χ1n) is 10.2. The summed E-state index contributed by atoms with van der Waals surface area (Å²) in [4.78, 5) is 20.8. The number of carbonyl (C=O) groups excluding carboxylic acids is 1. The van der Waals surface area contributed by atoms with Gasteiger partial charge in [0.15, 0.2) is 0 Å². The lowest BCUT2D eigenvalue weighted by atomic mass is 9.97. The number of sulfonamides is 1. The van der Waals surface area contributed by atoms with Crippen molar-refractivity contribution in [1.82, 2.24) is 14.2 Å². The zero-order valence-electron chi connectivity index (χ0n) is 16.8. The van der Waals surface area contributed by atoms with Gasteiger partial charge in [0, 0.05) is 30.2 Å². The van der Waals surface area contributed by atoms with Crippen LogP contribution in [0.5, 0.6) is 0 Å². The maximum Gasteiger partial charge on any atom is 0.252 e. The van der Waals surface area contributed by atoms with E-state index in [1.807, 2.05) is 43.0 Å². The smallest absolute Gasteiger partial charge is 0.252 e. The van der Waals surface area contributed by atoms with Crippen LogP contribution >= 0.6 is 11.3 Å². The van der Waals surface area contributed by atoms with Crippen LogP contribution in [-0.4, -0.2) is 47.6 Å². The Morgan fingerprint density at radius 1 is 1.24 bits per heavy atom. The van der Waals surface area contributed by atoms with Crippen LogP contribution in [0, 0.1) is 12.8 Å². The van der Waals surface area contributed by atoms with Crippen LogP contribution in [0.1, 0.15) is 49.2 Å². The minimum atomic E-state index is -3.54. The average Bonchev–Trinajstić information content (AvgIpc) is 3.47. The topological polar surface area (TPSA) is 70.6 Å². The molecule has 1 saturated heterocycles. The van der Waals surface area contributed by atoms with Gasteiger partial charge in [-0.15, -0.1) is 11.3 Å². The van der Waals surface area contributed by atoms with Crippen molar-refractivity contribution in [3.05, 3.63) is 47.1 Å². The number of piperidine rings is 1. The molecule has 6 nitrogen and oxygen atoms in total. The van der Waals surface area contributed by atoms with Crippen molar-refractivity contribution in [2.45, 2.75) is 55.8 Å².